The van der Waals surface area contributed by atoms with Gasteiger partial charge in [-0.2, -0.15) is 4.98 Å². The molecule has 1 atom stereocenters. The van der Waals surface area contributed by atoms with Gasteiger partial charge in [0.25, 0.3) is 0 Å². The van der Waals surface area contributed by atoms with Crippen molar-refractivity contribution < 1.29 is 19.3 Å². The maximum atomic E-state index is 11.8. The molecule has 0 radical (unpaired) electrons. The zero-order chi connectivity index (χ0) is 21.2. The highest BCUT2D eigenvalue weighted by molar-refractivity contribution is 5.75. The number of nitrogens with one attached hydrogen (secondary N) is 2. The van der Waals surface area contributed by atoms with E-state index in [4.69, 9.17) is 14.5 Å². The Balaban J connectivity index is 1.48. The van der Waals surface area contributed by atoms with Crippen molar-refractivity contribution in [1.82, 2.24) is 20.9 Å². The van der Waals surface area contributed by atoms with Gasteiger partial charge in [-0.15, -0.1) is 0 Å². The molecule has 1 aromatic rings. The Bertz CT molecular complexity index is 624. The van der Waals surface area contributed by atoms with Crippen LogP contribution in [0.3, 0.4) is 0 Å². The Morgan fingerprint density at radius 3 is 2.67 bits per heavy atom. The van der Waals surface area contributed by atoms with Gasteiger partial charge in [-0.05, 0) is 38.0 Å². The molecule has 170 valence electrons. The summed E-state index contributed by atoms with van der Waals surface area (Å²) in [5.41, 5.74) is 1.74. The number of methoxy groups -OCH3 is 1. The molecule has 2 aliphatic carbocycles. The molecule has 3 rings (SSSR count). The first-order valence-electron chi connectivity index (χ1n) is 11.7. The van der Waals surface area contributed by atoms with E-state index in [0.29, 0.717) is 30.4 Å². The first-order chi connectivity index (χ1) is 14.7. The van der Waals surface area contributed by atoms with Crippen molar-refractivity contribution >= 4 is 5.91 Å². The molecule has 0 saturated heterocycles. The van der Waals surface area contributed by atoms with E-state index in [9.17, 15) is 4.79 Å². The summed E-state index contributed by atoms with van der Waals surface area (Å²) in [7, 11) is 1.78. The summed E-state index contributed by atoms with van der Waals surface area (Å²) in [5.74, 6) is 1.37. The Morgan fingerprint density at radius 1 is 1.20 bits per heavy atom. The van der Waals surface area contributed by atoms with Gasteiger partial charge in [0.1, 0.15) is 0 Å². The summed E-state index contributed by atoms with van der Waals surface area (Å²) in [6.45, 7) is 0.562. The first-order valence-corrected chi connectivity index (χ1v) is 11.7. The van der Waals surface area contributed by atoms with Crippen molar-refractivity contribution in [3.05, 3.63) is 11.7 Å². The quantitative estimate of drug-likeness (QED) is 0.367. The lowest BCUT2D eigenvalue weighted by molar-refractivity contribution is -0.129. The second-order valence-electron chi connectivity index (χ2n) is 9.01. The van der Waals surface area contributed by atoms with Crippen LogP contribution >= 0.6 is 0 Å². The van der Waals surface area contributed by atoms with Crippen LogP contribution in [-0.4, -0.2) is 40.5 Å². The third kappa shape index (κ3) is 7.32. The van der Waals surface area contributed by atoms with Gasteiger partial charge in [-0.25, -0.2) is 5.48 Å². The third-order valence-electron chi connectivity index (χ3n) is 6.84. The van der Waals surface area contributed by atoms with Crippen molar-refractivity contribution in [1.29, 1.82) is 0 Å². The van der Waals surface area contributed by atoms with Gasteiger partial charge in [0.05, 0.1) is 12.6 Å². The minimum absolute atomic E-state index is 0.154. The molecule has 0 spiro atoms. The monoisotopic (exact) mass is 422 g/mol. The molecule has 1 amide bonds. The van der Waals surface area contributed by atoms with Crippen molar-refractivity contribution in [2.45, 2.75) is 108 Å². The van der Waals surface area contributed by atoms with Crippen LogP contribution in [0.5, 0.6) is 0 Å². The van der Waals surface area contributed by atoms with E-state index in [0.717, 1.165) is 44.4 Å². The van der Waals surface area contributed by atoms with Crippen LogP contribution in [0.1, 0.15) is 101 Å². The number of hydrogen-bond donors (Lipinski definition) is 3. The molecule has 30 heavy (non-hydrogen) atoms. The Labute approximate surface area is 179 Å². The number of rotatable bonds is 11. The Morgan fingerprint density at radius 2 is 1.97 bits per heavy atom. The highest BCUT2D eigenvalue weighted by Crippen LogP contribution is 2.31. The number of hydrogen-bond acceptors (Lipinski definition) is 7. The van der Waals surface area contributed by atoms with Gasteiger partial charge in [-0.3, -0.25) is 10.0 Å². The maximum Gasteiger partial charge on any atom is 0.244 e. The number of aromatic nitrogens is 2. The minimum Gasteiger partial charge on any atom is -0.381 e. The Kier molecular flexibility index (Phi) is 9.55. The lowest BCUT2D eigenvalue weighted by Crippen LogP contribution is -2.34. The zero-order valence-corrected chi connectivity index (χ0v) is 18.3. The highest BCUT2D eigenvalue weighted by atomic mass is 16.5. The van der Waals surface area contributed by atoms with Gasteiger partial charge >= 0.3 is 0 Å². The third-order valence-corrected chi connectivity index (χ3v) is 6.84. The van der Waals surface area contributed by atoms with Crippen LogP contribution in [0.15, 0.2) is 4.52 Å². The minimum atomic E-state index is -0.412. The number of ether oxygens (including phenoxy) is 1. The summed E-state index contributed by atoms with van der Waals surface area (Å²) >= 11 is 0. The second-order valence-corrected chi connectivity index (χ2v) is 9.01. The molecule has 0 aromatic carbocycles. The van der Waals surface area contributed by atoms with Crippen molar-refractivity contribution in [3.63, 3.8) is 0 Å². The molecule has 8 heteroatoms. The van der Waals surface area contributed by atoms with Gasteiger partial charge in [0.2, 0.25) is 11.8 Å². The van der Waals surface area contributed by atoms with Gasteiger partial charge in [-0.1, -0.05) is 50.1 Å². The van der Waals surface area contributed by atoms with Crippen molar-refractivity contribution in [2.24, 2.45) is 5.92 Å². The van der Waals surface area contributed by atoms with E-state index in [1.54, 1.807) is 12.6 Å². The van der Waals surface area contributed by atoms with Crippen LogP contribution < -0.4 is 10.8 Å². The predicted octanol–water partition coefficient (Wildman–Crippen LogP) is 3.85. The molecular formula is C22H38N4O4. The topological polar surface area (TPSA) is 110 Å². The summed E-state index contributed by atoms with van der Waals surface area (Å²) in [6.07, 6.45) is 14.6. The van der Waals surface area contributed by atoms with Crippen LogP contribution in [0.4, 0.5) is 0 Å². The molecule has 0 unspecified atom stereocenters. The van der Waals surface area contributed by atoms with Gasteiger partial charge in [0.15, 0.2) is 5.82 Å². The second kappa shape index (κ2) is 12.4. The van der Waals surface area contributed by atoms with Crippen LogP contribution in [-0.2, 0) is 16.1 Å². The smallest absolute Gasteiger partial charge is 0.244 e. The molecule has 0 bridgehead atoms. The SMILES string of the molecule is COC1CCC(NCc2noc([C@H](CCCC3CCCCC3)CC(=O)NO)n2)CC1. The molecule has 2 saturated carbocycles. The Hall–Kier alpha value is -1.51. The molecule has 3 N–H and O–H groups in total. The fourth-order valence-electron chi connectivity index (χ4n) is 4.95. The van der Waals surface area contributed by atoms with E-state index in [-0.39, 0.29) is 12.3 Å². The highest BCUT2D eigenvalue weighted by Gasteiger charge is 2.24. The largest absolute Gasteiger partial charge is 0.381 e. The lowest BCUT2D eigenvalue weighted by atomic mass is 9.84. The summed E-state index contributed by atoms with van der Waals surface area (Å²) in [5, 5.41) is 16.6. The van der Waals surface area contributed by atoms with E-state index in [1.807, 2.05) is 0 Å². The molecular weight excluding hydrogens is 384 g/mol. The van der Waals surface area contributed by atoms with E-state index in [1.165, 1.54) is 38.5 Å². The van der Waals surface area contributed by atoms with E-state index < -0.39 is 5.91 Å². The van der Waals surface area contributed by atoms with Crippen LogP contribution in [0, 0.1) is 5.92 Å². The predicted molar refractivity (Wildman–Crippen MR) is 112 cm³/mol. The summed E-state index contributed by atoms with van der Waals surface area (Å²) in [6, 6.07) is 0.449. The maximum absolute atomic E-state index is 11.8. The molecule has 0 aliphatic heterocycles. The fraction of sp³-hybridized carbons (Fsp3) is 0.864. The lowest BCUT2D eigenvalue weighted by Gasteiger charge is -2.27. The van der Waals surface area contributed by atoms with Gasteiger partial charge in [0, 0.05) is 25.5 Å². The van der Waals surface area contributed by atoms with E-state index in [2.05, 4.69) is 15.5 Å². The van der Waals surface area contributed by atoms with Crippen molar-refractivity contribution in [3.8, 4) is 0 Å². The normalized spacial score (nSPS) is 23.9. The zero-order valence-electron chi connectivity index (χ0n) is 18.3. The average Bonchev–Trinajstić information content (AvgIpc) is 3.27. The van der Waals surface area contributed by atoms with Crippen molar-refractivity contribution in [2.75, 3.05) is 7.11 Å². The van der Waals surface area contributed by atoms with Crippen LogP contribution in [0.2, 0.25) is 0 Å². The molecule has 2 fully saturated rings. The molecule has 1 aromatic heterocycles. The number of hydroxylamine groups is 1. The van der Waals surface area contributed by atoms with Crippen LogP contribution in [0.25, 0.3) is 0 Å². The molecule has 8 nitrogen and oxygen atoms in total. The number of carbonyl (C=O) groups is 1. The standard InChI is InChI=1S/C22H38N4O4/c1-29-19-12-10-18(11-13-19)23-15-20-24-22(30-26-20)17(14-21(27)25-28)9-5-8-16-6-3-2-4-7-16/h16-19,23,28H,2-15H2,1H3,(H,25,27)/t17-,18?,19?/m1/s1. The van der Waals surface area contributed by atoms with E-state index >= 15 is 0 Å². The first kappa shape index (κ1) is 23.2. The van der Waals surface area contributed by atoms with Gasteiger partial charge < -0.3 is 14.6 Å². The molecule has 1 heterocycles. The fourth-order valence-corrected chi connectivity index (χ4v) is 4.95. The average molecular weight is 423 g/mol. The molecule has 2 aliphatic rings. The number of carbonyl (C=O) groups excluding carboxylic acids is 1. The number of nitrogens with zero attached hydrogens (tertiary/aromatic N) is 2. The summed E-state index contributed by atoms with van der Waals surface area (Å²) in [4.78, 5) is 16.3. The summed E-state index contributed by atoms with van der Waals surface area (Å²) < 4.78 is 10.9. The number of amides is 1.